The van der Waals surface area contributed by atoms with Gasteiger partial charge in [0.05, 0.1) is 12.2 Å². The molecule has 0 aromatic rings. The number of ether oxygens (including phenoxy) is 1. The lowest BCUT2D eigenvalue weighted by Crippen LogP contribution is -2.38. The largest absolute Gasteiger partial charge is 0.385 e. The maximum atomic E-state index is 12.4. The first-order chi connectivity index (χ1) is 8.65. The number of carbonyl (C=O) groups excluding carboxylic acids is 1. The summed E-state index contributed by atoms with van der Waals surface area (Å²) in [5, 5.41) is 3.50. The van der Waals surface area contributed by atoms with Gasteiger partial charge < -0.3 is 9.64 Å². The minimum Gasteiger partial charge on any atom is -0.385 e. The van der Waals surface area contributed by atoms with Gasteiger partial charge in [0.15, 0.2) is 0 Å². The number of nitrogens with one attached hydrogen (secondary N) is 1. The van der Waals surface area contributed by atoms with Crippen LogP contribution < -0.4 is 5.32 Å². The third-order valence-electron chi connectivity index (χ3n) is 3.82. The molecule has 0 aliphatic carbocycles. The summed E-state index contributed by atoms with van der Waals surface area (Å²) in [5.74, 6) is 0.684. The van der Waals surface area contributed by atoms with Gasteiger partial charge in [0, 0.05) is 20.3 Å². The number of amides is 1. The lowest BCUT2D eigenvalue weighted by atomic mass is 9.99. The summed E-state index contributed by atoms with van der Waals surface area (Å²) >= 11 is 0. The first-order valence-corrected chi connectivity index (χ1v) is 7.21. The van der Waals surface area contributed by atoms with E-state index in [4.69, 9.17) is 4.74 Å². The van der Waals surface area contributed by atoms with Crippen LogP contribution in [0.2, 0.25) is 0 Å². The van der Waals surface area contributed by atoms with E-state index in [2.05, 4.69) is 26.1 Å². The van der Waals surface area contributed by atoms with Crippen LogP contribution in [0, 0.1) is 5.92 Å². The predicted molar refractivity (Wildman–Crippen MR) is 73.3 cm³/mol. The molecule has 106 valence electrons. The molecule has 1 rings (SSSR count). The molecule has 4 nitrogen and oxygen atoms in total. The van der Waals surface area contributed by atoms with Gasteiger partial charge in [-0.25, -0.2) is 0 Å². The Morgan fingerprint density at radius 1 is 1.44 bits per heavy atom. The Morgan fingerprint density at radius 2 is 2.17 bits per heavy atom. The normalized spacial score (nSPS) is 25.8. The van der Waals surface area contributed by atoms with Crippen LogP contribution in [-0.4, -0.2) is 43.3 Å². The van der Waals surface area contributed by atoms with Crippen molar-refractivity contribution in [2.45, 2.75) is 58.7 Å². The van der Waals surface area contributed by atoms with Crippen molar-refractivity contribution in [2.24, 2.45) is 5.92 Å². The van der Waals surface area contributed by atoms with Crippen LogP contribution >= 0.6 is 0 Å². The molecule has 1 aliphatic heterocycles. The Kier molecular flexibility index (Phi) is 6.65. The summed E-state index contributed by atoms with van der Waals surface area (Å²) < 4.78 is 5.07. The van der Waals surface area contributed by atoms with Gasteiger partial charge in [0.1, 0.15) is 0 Å². The smallest absolute Gasteiger partial charge is 0.241 e. The second-order valence-electron chi connectivity index (χ2n) is 5.21. The number of rotatable bonds is 8. The zero-order valence-electron chi connectivity index (χ0n) is 12.2. The van der Waals surface area contributed by atoms with Gasteiger partial charge in [-0.1, -0.05) is 33.6 Å². The number of carbonyl (C=O) groups is 1. The van der Waals surface area contributed by atoms with Crippen molar-refractivity contribution in [3.05, 3.63) is 0 Å². The van der Waals surface area contributed by atoms with E-state index in [1.54, 1.807) is 7.11 Å². The molecular weight excluding hydrogens is 228 g/mol. The van der Waals surface area contributed by atoms with E-state index in [0.29, 0.717) is 5.92 Å². The maximum Gasteiger partial charge on any atom is 0.241 e. The molecule has 3 unspecified atom stereocenters. The molecule has 1 fully saturated rings. The molecule has 1 aliphatic rings. The van der Waals surface area contributed by atoms with Gasteiger partial charge >= 0.3 is 0 Å². The summed E-state index contributed by atoms with van der Waals surface area (Å²) in [7, 11) is 1.70. The second kappa shape index (κ2) is 7.74. The SMILES string of the molecule is CCCC1NC(C(C)CC)C(=O)N1CCCOC. The minimum absolute atomic E-state index is 0.00842. The average Bonchev–Trinajstić information content (AvgIpc) is 2.67. The van der Waals surface area contributed by atoms with Gasteiger partial charge in [-0.3, -0.25) is 10.1 Å². The summed E-state index contributed by atoms with van der Waals surface area (Å²) in [6, 6.07) is 0.00842. The Hall–Kier alpha value is -0.610. The molecule has 0 radical (unpaired) electrons. The Morgan fingerprint density at radius 3 is 2.72 bits per heavy atom. The van der Waals surface area contributed by atoms with E-state index >= 15 is 0 Å². The molecule has 3 atom stereocenters. The highest BCUT2D eigenvalue weighted by atomic mass is 16.5. The van der Waals surface area contributed by atoms with E-state index in [1.807, 2.05) is 4.90 Å². The predicted octanol–water partition coefficient (Wildman–Crippen LogP) is 2.00. The summed E-state index contributed by atoms with van der Waals surface area (Å²) in [4.78, 5) is 14.4. The molecule has 0 bridgehead atoms. The van der Waals surface area contributed by atoms with E-state index in [0.717, 1.165) is 38.8 Å². The van der Waals surface area contributed by atoms with Crippen molar-refractivity contribution in [2.75, 3.05) is 20.3 Å². The molecule has 18 heavy (non-hydrogen) atoms. The highest BCUT2D eigenvalue weighted by Crippen LogP contribution is 2.21. The van der Waals surface area contributed by atoms with Gasteiger partial charge in [0.25, 0.3) is 0 Å². The van der Waals surface area contributed by atoms with E-state index < -0.39 is 0 Å². The summed E-state index contributed by atoms with van der Waals surface area (Å²) in [6.45, 7) is 7.98. The zero-order chi connectivity index (χ0) is 13.5. The molecule has 0 aromatic carbocycles. The number of nitrogens with zero attached hydrogens (tertiary/aromatic N) is 1. The van der Waals surface area contributed by atoms with Gasteiger partial charge in [0.2, 0.25) is 5.91 Å². The van der Waals surface area contributed by atoms with Crippen LogP contribution in [0.15, 0.2) is 0 Å². The van der Waals surface area contributed by atoms with Crippen LogP contribution in [0.3, 0.4) is 0 Å². The first-order valence-electron chi connectivity index (χ1n) is 7.21. The second-order valence-corrected chi connectivity index (χ2v) is 5.21. The molecule has 0 spiro atoms. The highest BCUT2D eigenvalue weighted by molar-refractivity contribution is 5.84. The van der Waals surface area contributed by atoms with E-state index in [9.17, 15) is 4.79 Å². The lowest BCUT2D eigenvalue weighted by molar-refractivity contribution is -0.131. The number of hydrogen-bond acceptors (Lipinski definition) is 3. The Balaban J connectivity index is 2.62. The average molecular weight is 256 g/mol. The highest BCUT2D eigenvalue weighted by Gasteiger charge is 2.39. The van der Waals surface area contributed by atoms with Gasteiger partial charge in [-0.2, -0.15) is 0 Å². The zero-order valence-corrected chi connectivity index (χ0v) is 12.2. The van der Waals surface area contributed by atoms with Gasteiger partial charge in [-0.05, 0) is 18.8 Å². The standard InChI is InChI=1S/C14H28N2O2/c1-5-8-12-15-13(11(3)6-2)14(17)16(12)9-7-10-18-4/h11-13,15H,5-10H2,1-4H3. The number of methoxy groups -OCH3 is 1. The van der Waals surface area contributed by atoms with Crippen LogP contribution in [0.1, 0.15) is 46.5 Å². The van der Waals surface area contributed by atoms with Crippen molar-refractivity contribution in [1.82, 2.24) is 10.2 Å². The fourth-order valence-electron chi connectivity index (χ4n) is 2.50. The fraction of sp³-hybridized carbons (Fsp3) is 0.929. The van der Waals surface area contributed by atoms with Crippen molar-refractivity contribution in [3.63, 3.8) is 0 Å². The van der Waals surface area contributed by atoms with E-state index in [-0.39, 0.29) is 18.1 Å². The molecule has 0 aromatic heterocycles. The summed E-state index contributed by atoms with van der Waals surface area (Å²) in [5.41, 5.74) is 0. The summed E-state index contributed by atoms with van der Waals surface area (Å²) in [6.07, 6.45) is 4.30. The lowest BCUT2D eigenvalue weighted by Gasteiger charge is -2.23. The topological polar surface area (TPSA) is 41.6 Å². The van der Waals surface area contributed by atoms with Crippen LogP contribution in [0.5, 0.6) is 0 Å². The van der Waals surface area contributed by atoms with E-state index in [1.165, 1.54) is 0 Å². The molecule has 4 heteroatoms. The monoisotopic (exact) mass is 256 g/mol. The van der Waals surface area contributed by atoms with Crippen LogP contribution in [0.25, 0.3) is 0 Å². The molecule has 1 N–H and O–H groups in total. The minimum atomic E-state index is 0.00842. The fourth-order valence-corrected chi connectivity index (χ4v) is 2.50. The van der Waals surface area contributed by atoms with Gasteiger partial charge in [-0.15, -0.1) is 0 Å². The molecule has 1 saturated heterocycles. The van der Waals surface area contributed by atoms with Crippen molar-refractivity contribution in [1.29, 1.82) is 0 Å². The third kappa shape index (κ3) is 3.69. The quantitative estimate of drug-likeness (QED) is 0.675. The first kappa shape index (κ1) is 15.4. The van der Waals surface area contributed by atoms with Crippen molar-refractivity contribution in [3.8, 4) is 0 Å². The Bertz CT molecular complexity index is 258. The molecule has 1 amide bonds. The Labute approximate surface area is 111 Å². The van der Waals surface area contributed by atoms with Crippen molar-refractivity contribution < 1.29 is 9.53 Å². The van der Waals surface area contributed by atoms with Crippen molar-refractivity contribution >= 4 is 5.91 Å². The molecular formula is C14H28N2O2. The van der Waals surface area contributed by atoms with Crippen LogP contribution in [-0.2, 0) is 9.53 Å². The third-order valence-corrected chi connectivity index (χ3v) is 3.82. The maximum absolute atomic E-state index is 12.4. The molecule has 1 heterocycles. The number of hydrogen-bond donors (Lipinski definition) is 1. The molecule has 0 saturated carbocycles. The van der Waals surface area contributed by atoms with Crippen LogP contribution in [0.4, 0.5) is 0 Å².